The lowest BCUT2D eigenvalue weighted by molar-refractivity contribution is -0.142. The van der Waals surface area contributed by atoms with Gasteiger partial charge in [0.15, 0.2) is 0 Å². The first-order chi connectivity index (χ1) is 9.10. The fourth-order valence-electron chi connectivity index (χ4n) is 2.45. The van der Waals surface area contributed by atoms with E-state index >= 15 is 0 Å². The molecule has 0 radical (unpaired) electrons. The smallest absolute Gasteiger partial charge is 0.321 e. The molecule has 0 spiro atoms. The number of likely N-dealkylation sites (tertiary alicyclic amines) is 1. The van der Waals surface area contributed by atoms with Gasteiger partial charge in [0.1, 0.15) is 11.8 Å². The molecule has 1 aliphatic rings. The number of benzene rings is 1. The standard InChI is InChI=1S/C14H19NO4/c1-19-12-4-2-10(3-5-12)6-7-15-9-11(16)8-13(15)14(17)18/h2-5,11,13,16H,6-9H2,1H3,(H,17,18). The van der Waals surface area contributed by atoms with Crippen LogP contribution in [0.2, 0.25) is 0 Å². The van der Waals surface area contributed by atoms with Crippen molar-refractivity contribution in [1.82, 2.24) is 4.90 Å². The summed E-state index contributed by atoms with van der Waals surface area (Å²) in [5.41, 5.74) is 1.13. The van der Waals surface area contributed by atoms with Crippen LogP contribution in [0.3, 0.4) is 0 Å². The van der Waals surface area contributed by atoms with Gasteiger partial charge in [0.25, 0.3) is 0 Å². The third kappa shape index (κ3) is 3.45. The Kier molecular flexibility index (Phi) is 4.39. The molecular weight excluding hydrogens is 246 g/mol. The summed E-state index contributed by atoms with van der Waals surface area (Å²) in [6.07, 6.45) is 0.551. The molecule has 0 aromatic heterocycles. The van der Waals surface area contributed by atoms with Crippen molar-refractivity contribution in [3.8, 4) is 5.75 Å². The number of carbonyl (C=O) groups is 1. The second-order valence-electron chi connectivity index (χ2n) is 4.84. The lowest BCUT2D eigenvalue weighted by Crippen LogP contribution is -2.37. The minimum absolute atomic E-state index is 0.317. The Hall–Kier alpha value is -1.59. The summed E-state index contributed by atoms with van der Waals surface area (Å²) < 4.78 is 5.09. The van der Waals surface area contributed by atoms with Crippen molar-refractivity contribution >= 4 is 5.97 Å². The molecule has 5 heteroatoms. The predicted molar refractivity (Wildman–Crippen MR) is 70.3 cm³/mol. The Labute approximate surface area is 112 Å². The molecule has 0 amide bonds. The van der Waals surface area contributed by atoms with Gasteiger partial charge in [-0.25, -0.2) is 0 Å². The Morgan fingerprint density at radius 3 is 2.68 bits per heavy atom. The van der Waals surface area contributed by atoms with Crippen molar-refractivity contribution in [3.63, 3.8) is 0 Å². The zero-order valence-corrected chi connectivity index (χ0v) is 11.0. The average molecular weight is 265 g/mol. The number of hydrogen-bond donors (Lipinski definition) is 2. The van der Waals surface area contributed by atoms with E-state index in [1.54, 1.807) is 7.11 Å². The normalized spacial score (nSPS) is 23.5. The van der Waals surface area contributed by atoms with Crippen LogP contribution in [0, 0.1) is 0 Å². The zero-order chi connectivity index (χ0) is 13.8. The molecule has 2 atom stereocenters. The molecule has 0 aliphatic carbocycles. The SMILES string of the molecule is COc1ccc(CCN2CC(O)CC2C(=O)O)cc1. The third-order valence-corrected chi connectivity index (χ3v) is 3.51. The summed E-state index contributed by atoms with van der Waals surface area (Å²) in [6.45, 7) is 1.08. The van der Waals surface area contributed by atoms with Gasteiger partial charge in [-0.15, -0.1) is 0 Å². The fraction of sp³-hybridized carbons (Fsp3) is 0.500. The van der Waals surface area contributed by atoms with Crippen LogP contribution in [0.15, 0.2) is 24.3 Å². The summed E-state index contributed by atoms with van der Waals surface area (Å²) in [5, 5.41) is 18.7. The topological polar surface area (TPSA) is 70.0 Å². The van der Waals surface area contributed by atoms with Crippen LogP contribution in [0.1, 0.15) is 12.0 Å². The highest BCUT2D eigenvalue weighted by atomic mass is 16.5. The van der Waals surface area contributed by atoms with Gasteiger partial charge < -0.3 is 14.9 Å². The average Bonchev–Trinajstić information content (AvgIpc) is 2.78. The summed E-state index contributed by atoms with van der Waals surface area (Å²) >= 11 is 0. The Morgan fingerprint density at radius 2 is 2.11 bits per heavy atom. The Morgan fingerprint density at radius 1 is 1.42 bits per heavy atom. The van der Waals surface area contributed by atoms with E-state index in [1.165, 1.54) is 0 Å². The molecule has 5 nitrogen and oxygen atoms in total. The van der Waals surface area contributed by atoms with Crippen LogP contribution in [0.25, 0.3) is 0 Å². The molecule has 1 aliphatic heterocycles. The van der Waals surface area contributed by atoms with E-state index in [0.717, 1.165) is 17.7 Å². The van der Waals surface area contributed by atoms with E-state index < -0.39 is 18.1 Å². The number of β-amino-alcohol motifs (C(OH)–C–C–N with tert-alkyl or cyclic N) is 1. The molecule has 1 aromatic carbocycles. The molecule has 2 rings (SSSR count). The minimum atomic E-state index is -0.855. The first kappa shape index (κ1) is 13.8. The first-order valence-electron chi connectivity index (χ1n) is 6.38. The molecule has 2 unspecified atom stereocenters. The number of aliphatic hydroxyl groups excluding tert-OH is 1. The molecule has 1 heterocycles. The molecule has 1 saturated heterocycles. The van der Waals surface area contributed by atoms with Crippen LogP contribution < -0.4 is 4.74 Å². The molecule has 0 saturated carbocycles. The maximum atomic E-state index is 11.1. The van der Waals surface area contributed by atoms with Crippen molar-refractivity contribution in [1.29, 1.82) is 0 Å². The van der Waals surface area contributed by atoms with E-state index in [9.17, 15) is 9.90 Å². The van der Waals surface area contributed by atoms with Gasteiger partial charge in [-0.05, 0) is 24.1 Å². The molecule has 19 heavy (non-hydrogen) atoms. The third-order valence-electron chi connectivity index (χ3n) is 3.51. The molecule has 2 N–H and O–H groups in total. The number of rotatable bonds is 5. The van der Waals surface area contributed by atoms with E-state index in [1.807, 2.05) is 29.2 Å². The lowest BCUT2D eigenvalue weighted by atomic mass is 10.1. The monoisotopic (exact) mass is 265 g/mol. The van der Waals surface area contributed by atoms with E-state index in [-0.39, 0.29) is 0 Å². The second kappa shape index (κ2) is 6.04. The maximum absolute atomic E-state index is 11.1. The fourth-order valence-corrected chi connectivity index (χ4v) is 2.45. The highest BCUT2D eigenvalue weighted by Gasteiger charge is 2.35. The van der Waals surface area contributed by atoms with Crippen molar-refractivity contribution in [3.05, 3.63) is 29.8 Å². The van der Waals surface area contributed by atoms with Gasteiger partial charge >= 0.3 is 5.97 Å². The summed E-state index contributed by atoms with van der Waals surface area (Å²) in [7, 11) is 1.62. The van der Waals surface area contributed by atoms with Gasteiger partial charge in [0, 0.05) is 19.5 Å². The summed E-state index contributed by atoms with van der Waals surface area (Å²) in [5.74, 6) is -0.0463. The highest BCUT2D eigenvalue weighted by molar-refractivity contribution is 5.74. The number of aliphatic hydroxyl groups is 1. The molecule has 1 aromatic rings. The number of carboxylic acid groups (broad SMARTS) is 1. The van der Waals surface area contributed by atoms with Gasteiger partial charge in [0.2, 0.25) is 0 Å². The highest BCUT2D eigenvalue weighted by Crippen LogP contribution is 2.19. The largest absolute Gasteiger partial charge is 0.497 e. The van der Waals surface area contributed by atoms with Crippen LogP contribution in [-0.4, -0.2) is 53.4 Å². The first-order valence-corrected chi connectivity index (χ1v) is 6.38. The quantitative estimate of drug-likeness (QED) is 0.822. The van der Waals surface area contributed by atoms with Gasteiger partial charge in [-0.1, -0.05) is 12.1 Å². The lowest BCUT2D eigenvalue weighted by Gasteiger charge is -2.20. The van der Waals surface area contributed by atoms with Crippen LogP contribution in [0.4, 0.5) is 0 Å². The number of methoxy groups -OCH3 is 1. The Balaban J connectivity index is 1.91. The van der Waals surface area contributed by atoms with Gasteiger partial charge in [-0.3, -0.25) is 9.69 Å². The van der Waals surface area contributed by atoms with Gasteiger partial charge in [0.05, 0.1) is 13.2 Å². The van der Waals surface area contributed by atoms with Crippen LogP contribution in [0.5, 0.6) is 5.75 Å². The summed E-state index contributed by atoms with van der Waals surface area (Å²) in [6, 6.07) is 7.17. The number of ether oxygens (including phenoxy) is 1. The second-order valence-corrected chi connectivity index (χ2v) is 4.84. The molecule has 104 valence electrons. The molecule has 0 bridgehead atoms. The summed E-state index contributed by atoms with van der Waals surface area (Å²) in [4.78, 5) is 12.9. The van der Waals surface area contributed by atoms with Crippen molar-refractivity contribution in [2.24, 2.45) is 0 Å². The van der Waals surface area contributed by atoms with Crippen LogP contribution in [-0.2, 0) is 11.2 Å². The molecule has 1 fully saturated rings. The van der Waals surface area contributed by atoms with E-state index in [4.69, 9.17) is 9.84 Å². The number of aliphatic carboxylic acids is 1. The number of nitrogens with zero attached hydrogens (tertiary/aromatic N) is 1. The predicted octanol–water partition coefficient (Wildman–Crippen LogP) is 0.757. The zero-order valence-electron chi connectivity index (χ0n) is 11.0. The van der Waals surface area contributed by atoms with E-state index in [0.29, 0.717) is 19.5 Å². The molecular formula is C14H19NO4. The Bertz CT molecular complexity index is 432. The van der Waals surface area contributed by atoms with E-state index in [2.05, 4.69) is 0 Å². The minimum Gasteiger partial charge on any atom is -0.497 e. The maximum Gasteiger partial charge on any atom is 0.321 e. The van der Waals surface area contributed by atoms with Crippen molar-refractivity contribution in [2.45, 2.75) is 25.0 Å². The van der Waals surface area contributed by atoms with Gasteiger partial charge in [-0.2, -0.15) is 0 Å². The number of hydrogen-bond acceptors (Lipinski definition) is 4. The van der Waals surface area contributed by atoms with Crippen molar-refractivity contribution < 1.29 is 19.7 Å². The van der Waals surface area contributed by atoms with Crippen LogP contribution >= 0.6 is 0 Å². The van der Waals surface area contributed by atoms with Crippen molar-refractivity contribution in [2.75, 3.05) is 20.2 Å². The number of carboxylic acids is 1.